The lowest BCUT2D eigenvalue weighted by Gasteiger charge is -2.10. The van der Waals surface area contributed by atoms with E-state index in [9.17, 15) is 9.59 Å². The Hall–Kier alpha value is -5.89. The van der Waals surface area contributed by atoms with Crippen molar-refractivity contribution in [1.29, 1.82) is 0 Å². The van der Waals surface area contributed by atoms with Gasteiger partial charge in [0.2, 0.25) is 0 Å². The minimum absolute atomic E-state index is 0.247. The molecule has 0 saturated carbocycles. The number of hydrogen-bond acceptors (Lipinski definition) is 11. The van der Waals surface area contributed by atoms with Crippen LogP contribution in [0.5, 0.6) is 0 Å². The molecule has 2 amide bonds. The molecule has 14 heteroatoms. The second-order valence-electron chi connectivity index (χ2n) is 10.9. The van der Waals surface area contributed by atoms with Gasteiger partial charge in [-0.25, -0.2) is 19.9 Å². The van der Waals surface area contributed by atoms with Gasteiger partial charge in [-0.2, -0.15) is 0 Å². The molecule has 0 aliphatic heterocycles. The molecule has 51 heavy (non-hydrogen) atoms. The summed E-state index contributed by atoms with van der Waals surface area (Å²) < 4.78 is 10.5. The third kappa shape index (κ3) is 7.50. The number of carbonyl (C=O) groups is 2. The van der Waals surface area contributed by atoms with Crippen LogP contribution in [0.4, 0.5) is 5.82 Å². The first-order valence-electron chi connectivity index (χ1n) is 15.6. The number of furan rings is 2. The number of halogens is 1. The minimum Gasteiger partial charge on any atom is -0.467 e. The molecule has 11 nitrogen and oxygen atoms in total. The summed E-state index contributed by atoms with van der Waals surface area (Å²) >= 11 is 9.39. The van der Waals surface area contributed by atoms with Crippen LogP contribution in [0.3, 0.4) is 0 Å². The average Bonchev–Trinajstić information content (AvgIpc) is 4.02. The highest BCUT2D eigenvalue weighted by molar-refractivity contribution is 7.14. The van der Waals surface area contributed by atoms with Crippen LogP contribution in [-0.4, -0.2) is 38.8 Å². The Balaban J connectivity index is 0.000000159. The molecule has 0 saturated heterocycles. The normalized spacial score (nSPS) is 10.9. The van der Waals surface area contributed by atoms with E-state index < -0.39 is 0 Å². The Morgan fingerprint density at radius 3 is 1.71 bits per heavy atom. The van der Waals surface area contributed by atoms with Gasteiger partial charge >= 0.3 is 0 Å². The molecule has 0 fully saturated rings. The van der Waals surface area contributed by atoms with Crippen LogP contribution in [0.2, 0.25) is 5.15 Å². The summed E-state index contributed by atoms with van der Waals surface area (Å²) in [7, 11) is 1.82. The van der Waals surface area contributed by atoms with Crippen LogP contribution in [0.25, 0.3) is 42.7 Å². The first-order chi connectivity index (χ1) is 25.0. The maximum atomic E-state index is 12.5. The predicted octanol–water partition coefficient (Wildman–Crippen LogP) is 8.46. The van der Waals surface area contributed by atoms with Gasteiger partial charge in [0, 0.05) is 51.1 Å². The molecule has 0 unspecified atom stereocenters. The molecule has 254 valence electrons. The lowest BCUT2D eigenvalue weighted by Crippen LogP contribution is -2.23. The van der Waals surface area contributed by atoms with Gasteiger partial charge in [-0.3, -0.25) is 9.59 Å². The lowest BCUT2D eigenvalue weighted by atomic mass is 10.1. The SMILES string of the molecule is CNc1ncc(-c2cccs2)c2nc(C(=O)NCc3ccco3)ccc12.O=C(NCc1ccco1)c1ccc2c(Cl)ncc(-c3cccs3)c2n1. The topological polar surface area (TPSA) is 148 Å². The average molecular weight is 734 g/mol. The number of anilines is 1. The molecule has 8 rings (SSSR count). The summed E-state index contributed by atoms with van der Waals surface area (Å²) in [6, 6.07) is 22.1. The van der Waals surface area contributed by atoms with E-state index in [0.29, 0.717) is 46.7 Å². The van der Waals surface area contributed by atoms with E-state index in [2.05, 4.69) is 35.9 Å². The largest absolute Gasteiger partial charge is 0.467 e. The highest BCUT2D eigenvalue weighted by atomic mass is 35.5. The number of nitrogens with zero attached hydrogens (tertiary/aromatic N) is 4. The highest BCUT2D eigenvalue weighted by Gasteiger charge is 2.16. The van der Waals surface area contributed by atoms with Gasteiger partial charge in [0.05, 0.1) is 36.6 Å². The highest BCUT2D eigenvalue weighted by Crippen LogP contribution is 2.34. The van der Waals surface area contributed by atoms with E-state index in [1.807, 2.05) is 54.2 Å². The van der Waals surface area contributed by atoms with Gasteiger partial charge in [-0.05, 0) is 71.4 Å². The van der Waals surface area contributed by atoms with Crippen molar-refractivity contribution in [3.05, 3.63) is 137 Å². The van der Waals surface area contributed by atoms with E-state index >= 15 is 0 Å². The van der Waals surface area contributed by atoms with Crippen molar-refractivity contribution in [2.24, 2.45) is 0 Å². The number of hydrogen-bond donors (Lipinski definition) is 3. The van der Waals surface area contributed by atoms with E-state index in [1.165, 1.54) is 0 Å². The third-order valence-corrected chi connectivity index (χ3v) is 9.80. The molecule has 0 aromatic carbocycles. The van der Waals surface area contributed by atoms with Gasteiger partial charge in [-0.15, -0.1) is 22.7 Å². The fourth-order valence-electron chi connectivity index (χ4n) is 5.22. The molecule has 0 radical (unpaired) electrons. The number of pyridine rings is 4. The quantitative estimate of drug-likeness (QED) is 0.124. The van der Waals surface area contributed by atoms with E-state index in [4.69, 9.17) is 20.4 Å². The fourth-order valence-corrected chi connectivity index (χ4v) is 6.89. The molecular formula is C37H28ClN7O4S2. The standard InChI is InChI=1S/C19H16N4O2S.C18H12ClN3O2S/c1-20-18-13-6-7-15(19(24)22-10-12-4-2-8-25-12)23-17(13)14(11-21-18)16-5-3-9-26-16;19-17-12-5-6-14(18(23)21-9-11-3-1-7-24-11)22-16(12)13(10-20-17)15-4-2-8-25-15/h2-9,11H,10H2,1H3,(H,20,21)(H,22,24);1-8,10H,9H2,(H,21,23). The van der Waals surface area contributed by atoms with Crippen molar-refractivity contribution in [2.75, 3.05) is 12.4 Å². The van der Waals surface area contributed by atoms with Crippen LogP contribution in [0, 0.1) is 0 Å². The smallest absolute Gasteiger partial charge is 0.270 e. The van der Waals surface area contributed by atoms with E-state index in [1.54, 1.807) is 84.0 Å². The summed E-state index contributed by atoms with van der Waals surface area (Å²) in [6.07, 6.45) is 6.62. The zero-order valence-corrected chi connectivity index (χ0v) is 29.3. The Morgan fingerprint density at radius 2 is 1.22 bits per heavy atom. The van der Waals surface area contributed by atoms with Crippen molar-refractivity contribution in [2.45, 2.75) is 13.1 Å². The molecule has 0 atom stereocenters. The monoisotopic (exact) mass is 733 g/mol. The second kappa shape index (κ2) is 15.3. The molecule has 0 aliphatic rings. The number of nitrogens with one attached hydrogen (secondary N) is 3. The van der Waals surface area contributed by atoms with Crippen molar-refractivity contribution in [3.8, 4) is 20.9 Å². The molecular weight excluding hydrogens is 706 g/mol. The molecule has 8 heterocycles. The summed E-state index contributed by atoms with van der Waals surface area (Å²) in [5.74, 6) is 1.59. The molecule has 3 N–H and O–H groups in total. The second-order valence-corrected chi connectivity index (χ2v) is 13.2. The third-order valence-electron chi connectivity index (χ3n) is 7.69. The van der Waals surface area contributed by atoms with Crippen LogP contribution < -0.4 is 16.0 Å². The molecule has 8 aromatic rings. The number of rotatable bonds is 9. The Morgan fingerprint density at radius 1 is 0.686 bits per heavy atom. The molecule has 0 spiro atoms. The number of thiophene rings is 2. The van der Waals surface area contributed by atoms with Gasteiger partial charge in [-0.1, -0.05) is 23.7 Å². The van der Waals surface area contributed by atoms with Gasteiger partial charge in [0.15, 0.2) is 0 Å². The Kier molecular flexibility index (Phi) is 10.1. The van der Waals surface area contributed by atoms with Crippen LogP contribution >= 0.6 is 34.3 Å². The van der Waals surface area contributed by atoms with Crippen molar-refractivity contribution < 1.29 is 18.4 Å². The molecule has 0 bridgehead atoms. The summed E-state index contributed by atoms with van der Waals surface area (Å²) in [6.45, 7) is 0.627. The van der Waals surface area contributed by atoms with Crippen molar-refractivity contribution in [1.82, 2.24) is 30.6 Å². The van der Waals surface area contributed by atoms with E-state index in [-0.39, 0.29) is 11.8 Å². The van der Waals surface area contributed by atoms with Crippen LogP contribution in [0.15, 0.2) is 117 Å². The predicted molar refractivity (Wildman–Crippen MR) is 200 cm³/mol. The lowest BCUT2D eigenvalue weighted by molar-refractivity contribution is 0.0935. The Labute approximate surface area is 304 Å². The zero-order chi connectivity index (χ0) is 35.2. The first-order valence-corrected chi connectivity index (χ1v) is 17.7. The van der Waals surface area contributed by atoms with Crippen molar-refractivity contribution in [3.63, 3.8) is 0 Å². The van der Waals surface area contributed by atoms with Gasteiger partial charge < -0.3 is 24.8 Å². The van der Waals surface area contributed by atoms with Crippen molar-refractivity contribution >= 4 is 73.7 Å². The number of carbonyl (C=O) groups excluding carboxylic acids is 2. The number of aromatic nitrogens is 4. The van der Waals surface area contributed by atoms with Gasteiger partial charge in [0.1, 0.15) is 33.9 Å². The molecule has 0 aliphatic carbocycles. The van der Waals surface area contributed by atoms with Crippen LogP contribution in [0.1, 0.15) is 32.5 Å². The van der Waals surface area contributed by atoms with Gasteiger partial charge in [0.25, 0.3) is 11.8 Å². The summed E-state index contributed by atoms with van der Waals surface area (Å²) in [5.41, 5.74) is 3.85. The first kappa shape index (κ1) is 33.6. The zero-order valence-electron chi connectivity index (χ0n) is 26.9. The maximum absolute atomic E-state index is 12.5. The molecule has 8 aromatic heterocycles. The number of fused-ring (bicyclic) bond motifs is 2. The van der Waals surface area contributed by atoms with E-state index in [0.717, 1.165) is 43.0 Å². The Bertz CT molecular complexity index is 2420. The summed E-state index contributed by atoms with van der Waals surface area (Å²) in [4.78, 5) is 44.8. The minimum atomic E-state index is -0.275. The maximum Gasteiger partial charge on any atom is 0.270 e. The fraction of sp³-hybridized carbons (Fsp3) is 0.0811. The van der Waals surface area contributed by atoms with Crippen LogP contribution in [-0.2, 0) is 13.1 Å². The number of amides is 2. The summed E-state index contributed by atoms with van der Waals surface area (Å²) in [5, 5.41) is 14.6.